The van der Waals surface area contributed by atoms with Crippen LogP contribution in [0.5, 0.6) is 0 Å². The van der Waals surface area contributed by atoms with Crippen molar-refractivity contribution < 1.29 is 0 Å². The number of benzene rings is 2. The molecule has 1 aromatic heterocycles. The molecule has 0 saturated carbocycles. The van der Waals surface area contributed by atoms with Gasteiger partial charge in [-0.05, 0) is 41.1 Å². The second kappa shape index (κ2) is 6.41. The van der Waals surface area contributed by atoms with Crippen LogP contribution in [0.2, 0.25) is 0 Å². The average Bonchev–Trinajstić information content (AvgIpc) is 2.96. The zero-order valence-electron chi connectivity index (χ0n) is 11.4. The molecule has 6 heteroatoms. The molecule has 4 nitrogen and oxygen atoms in total. The number of hydrogen-bond acceptors (Lipinski definition) is 4. The lowest BCUT2D eigenvalue weighted by atomic mass is 10.2. The Morgan fingerprint density at radius 3 is 2.62 bits per heavy atom. The van der Waals surface area contributed by atoms with Crippen LogP contribution in [0, 0.1) is 6.92 Å². The molecule has 0 unspecified atom stereocenters. The maximum Gasteiger partial charge on any atom is 0.214 e. The number of hydrogen-bond donors (Lipinski definition) is 0. The Morgan fingerprint density at radius 1 is 1.10 bits per heavy atom. The zero-order chi connectivity index (χ0) is 14.7. The van der Waals surface area contributed by atoms with Gasteiger partial charge in [0.15, 0.2) is 0 Å². The third kappa shape index (κ3) is 3.33. The lowest BCUT2D eigenvalue weighted by molar-refractivity contribution is 0.756. The van der Waals surface area contributed by atoms with E-state index in [0.717, 1.165) is 21.1 Å². The van der Waals surface area contributed by atoms with E-state index in [0.29, 0.717) is 0 Å². The van der Waals surface area contributed by atoms with Gasteiger partial charge in [-0.15, -0.1) is 5.10 Å². The molecule has 0 saturated heterocycles. The molecule has 0 amide bonds. The van der Waals surface area contributed by atoms with Crippen LogP contribution in [0.3, 0.4) is 0 Å². The number of halogens is 1. The van der Waals surface area contributed by atoms with Crippen molar-refractivity contribution in [3.8, 4) is 5.69 Å². The van der Waals surface area contributed by atoms with E-state index in [1.165, 1.54) is 11.1 Å². The van der Waals surface area contributed by atoms with Crippen molar-refractivity contribution in [2.24, 2.45) is 0 Å². The van der Waals surface area contributed by atoms with Gasteiger partial charge in [0.25, 0.3) is 0 Å². The highest BCUT2D eigenvalue weighted by atomic mass is 79.9. The van der Waals surface area contributed by atoms with Crippen LogP contribution in [0.4, 0.5) is 0 Å². The molecule has 0 aliphatic heterocycles. The van der Waals surface area contributed by atoms with Crippen molar-refractivity contribution in [3.05, 3.63) is 64.1 Å². The Hall–Kier alpha value is -1.66. The van der Waals surface area contributed by atoms with Crippen molar-refractivity contribution in [2.75, 3.05) is 0 Å². The molecule has 3 aromatic rings. The third-order valence-corrected chi connectivity index (χ3v) is 4.78. The molecule has 0 spiro atoms. The summed E-state index contributed by atoms with van der Waals surface area (Å²) in [6, 6.07) is 16.3. The maximum atomic E-state index is 4.11. The number of aromatic nitrogens is 4. The van der Waals surface area contributed by atoms with E-state index in [-0.39, 0.29) is 0 Å². The average molecular weight is 361 g/mol. The van der Waals surface area contributed by atoms with E-state index in [2.05, 4.69) is 56.6 Å². The molecule has 3 rings (SSSR count). The summed E-state index contributed by atoms with van der Waals surface area (Å²) in [5.41, 5.74) is 3.41. The minimum Gasteiger partial charge on any atom is -0.188 e. The molecular weight excluding hydrogens is 348 g/mol. The van der Waals surface area contributed by atoms with Gasteiger partial charge >= 0.3 is 0 Å². The fourth-order valence-electron chi connectivity index (χ4n) is 1.87. The van der Waals surface area contributed by atoms with Crippen LogP contribution in [0.1, 0.15) is 11.1 Å². The number of aryl methyl sites for hydroxylation is 1. The van der Waals surface area contributed by atoms with Gasteiger partial charge in [0.05, 0.1) is 5.69 Å². The lowest BCUT2D eigenvalue weighted by Gasteiger charge is -2.05. The summed E-state index contributed by atoms with van der Waals surface area (Å²) in [5, 5.41) is 12.8. The van der Waals surface area contributed by atoms with E-state index in [1.807, 2.05) is 30.3 Å². The van der Waals surface area contributed by atoms with Gasteiger partial charge in [-0.1, -0.05) is 63.6 Å². The Balaban J connectivity index is 1.80. The van der Waals surface area contributed by atoms with Crippen LogP contribution in [-0.2, 0) is 5.75 Å². The second-order valence-corrected chi connectivity index (χ2v) is 6.39. The molecule has 0 aliphatic rings. The fourth-order valence-corrected chi connectivity index (χ4v) is 3.38. The predicted octanol–water partition coefficient (Wildman–Crippen LogP) is 4.03. The predicted molar refractivity (Wildman–Crippen MR) is 87.6 cm³/mol. The van der Waals surface area contributed by atoms with E-state index in [9.17, 15) is 0 Å². The van der Waals surface area contributed by atoms with Crippen LogP contribution >= 0.6 is 27.7 Å². The highest BCUT2D eigenvalue weighted by Crippen LogP contribution is 2.26. The quantitative estimate of drug-likeness (QED) is 0.659. The van der Waals surface area contributed by atoms with Gasteiger partial charge in [0.1, 0.15) is 0 Å². The molecule has 21 heavy (non-hydrogen) atoms. The molecule has 0 aliphatic carbocycles. The first-order valence-electron chi connectivity index (χ1n) is 6.45. The van der Waals surface area contributed by atoms with Gasteiger partial charge in [0.2, 0.25) is 5.16 Å². The lowest BCUT2D eigenvalue weighted by Crippen LogP contribution is -1.99. The smallest absolute Gasteiger partial charge is 0.188 e. The Morgan fingerprint density at radius 2 is 1.86 bits per heavy atom. The van der Waals surface area contributed by atoms with Gasteiger partial charge in [-0.25, -0.2) is 0 Å². The summed E-state index contributed by atoms with van der Waals surface area (Å²) >= 11 is 5.18. The standard InChI is InChI=1S/C15H13BrN4S/c1-11-6-8-13(9-7-11)20-15(17-18-19-20)21-10-12-4-2-3-5-14(12)16/h2-9H,10H2,1H3. The van der Waals surface area contributed by atoms with Gasteiger partial charge in [0, 0.05) is 10.2 Å². The summed E-state index contributed by atoms with van der Waals surface area (Å²) in [6.07, 6.45) is 0. The van der Waals surface area contributed by atoms with Crippen LogP contribution in [0.15, 0.2) is 58.2 Å². The van der Waals surface area contributed by atoms with Crippen LogP contribution in [-0.4, -0.2) is 20.2 Å². The Kier molecular flexibility index (Phi) is 4.36. The first-order chi connectivity index (χ1) is 10.2. The maximum absolute atomic E-state index is 4.11. The minimum atomic E-state index is 0.787. The monoisotopic (exact) mass is 360 g/mol. The second-order valence-electron chi connectivity index (χ2n) is 4.59. The summed E-state index contributed by atoms with van der Waals surface area (Å²) in [5.74, 6) is 0.813. The Bertz CT molecular complexity index is 739. The minimum absolute atomic E-state index is 0.787. The summed E-state index contributed by atoms with van der Waals surface area (Å²) in [4.78, 5) is 0. The molecule has 0 bridgehead atoms. The van der Waals surface area contributed by atoms with Gasteiger partial charge < -0.3 is 0 Å². The molecule has 0 fully saturated rings. The largest absolute Gasteiger partial charge is 0.214 e. The van der Waals surface area contributed by atoms with Gasteiger partial charge in [-0.2, -0.15) is 4.68 Å². The number of rotatable bonds is 4. The molecular formula is C15H13BrN4S. The highest BCUT2D eigenvalue weighted by molar-refractivity contribution is 9.10. The molecule has 0 N–H and O–H groups in total. The Labute approximate surface area is 135 Å². The van der Waals surface area contributed by atoms with Gasteiger partial charge in [-0.3, -0.25) is 0 Å². The summed E-state index contributed by atoms with van der Waals surface area (Å²) in [7, 11) is 0. The summed E-state index contributed by atoms with van der Waals surface area (Å²) in [6.45, 7) is 2.06. The molecule has 0 radical (unpaired) electrons. The van der Waals surface area contributed by atoms with Crippen molar-refractivity contribution in [1.82, 2.24) is 20.2 Å². The zero-order valence-corrected chi connectivity index (χ0v) is 13.8. The van der Waals surface area contributed by atoms with Crippen molar-refractivity contribution in [3.63, 3.8) is 0 Å². The number of tetrazole rings is 1. The molecule has 106 valence electrons. The van der Waals surface area contributed by atoms with E-state index < -0.39 is 0 Å². The molecule has 2 aromatic carbocycles. The van der Waals surface area contributed by atoms with E-state index in [1.54, 1.807) is 16.4 Å². The number of nitrogens with zero attached hydrogens (tertiary/aromatic N) is 4. The number of thioether (sulfide) groups is 1. The normalized spacial score (nSPS) is 10.8. The molecule has 1 heterocycles. The first-order valence-corrected chi connectivity index (χ1v) is 8.23. The van der Waals surface area contributed by atoms with Crippen LogP contribution in [0.25, 0.3) is 5.69 Å². The molecule has 0 atom stereocenters. The van der Waals surface area contributed by atoms with Crippen LogP contribution < -0.4 is 0 Å². The van der Waals surface area contributed by atoms with Crippen molar-refractivity contribution >= 4 is 27.7 Å². The SMILES string of the molecule is Cc1ccc(-n2nnnc2SCc2ccccc2Br)cc1. The highest BCUT2D eigenvalue weighted by Gasteiger charge is 2.10. The summed E-state index contributed by atoms with van der Waals surface area (Å²) < 4.78 is 2.87. The van der Waals surface area contributed by atoms with Crippen molar-refractivity contribution in [2.45, 2.75) is 17.8 Å². The van der Waals surface area contributed by atoms with E-state index in [4.69, 9.17) is 0 Å². The third-order valence-electron chi connectivity index (χ3n) is 3.03. The fraction of sp³-hybridized carbons (Fsp3) is 0.133. The first kappa shape index (κ1) is 14.3. The van der Waals surface area contributed by atoms with E-state index >= 15 is 0 Å². The topological polar surface area (TPSA) is 43.6 Å². The van der Waals surface area contributed by atoms with Crippen molar-refractivity contribution in [1.29, 1.82) is 0 Å².